The van der Waals surface area contributed by atoms with Gasteiger partial charge < -0.3 is 9.72 Å². The Balaban J connectivity index is 2.31. The Morgan fingerprint density at radius 2 is 2.29 bits per heavy atom. The summed E-state index contributed by atoms with van der Waals surface area (Å²) in [4.78, 5) is 14.3. The number of nitrogens with one attached hydrogen (secondary N) is 2. The summed E-state index contributed by atoms with van der Waals surface area (Å²) in [6, 6.07) is 7.40. The van der Waals surface area contributed by atoms with Gasteiger partial charge in [0.2, 0.25) is 0 Å². The van der Waals surface area contributed by atoms with Crippen molar-refractivity contribution in [3.63, 3.8) is 0 Å². The van der Waals surface area contributed by atoms with Crippen LogP contribution in [0.25, 0.3) is 10.9 Å². The van der Waals surface area contributed by atoms with E-state index in [2.05, 4.69) is 17.3 Å². The first-order valence-corrected chi connectivity index (χ1v) is 5.51. The van der Waals surface area contributed by atoms with Crippen LogP contribution in [0.3, 0.4) is 0 Å². The third-order valence-electron chi connectivity index (χ3n) is 2.44. The molecule has 1 heterocycles. The second-order valence-electron chi connectivity index (χ2n) is 3.75. The van der Waals surface area contributed by atoms with Crippen LogP contribution < -0.4 is 16.0 Å². The fourth-order valence-corrected chi connectivity index (χ4v) is 1.62. The first kappa shape index (κ1) is 11.5. The Kier molecular flexibility index (Phi) is 3.30. The summed E-state index contributed by atoms with van der Waals surface area (Å²) in [5, 5.41) is 0.928. The van der Waals surface area contributed by atoms with Crippen molar-refractivity contribution < 1.29 is 9.53 Å². The topological polar surface area (TPSA) is 80.1 Å². The van der Waals surface area contributed by atoms with E-state index >= 15 is 0 Å². The molecule has 0 bridgehead atoms. The molecule has 0 aliphatic heterocycles. The van der Waals surface area contributed by atoms with Crippen molar-refractivity contribution in [2.75, 3.05) is 6.61 Å². The van der Waals surface area contributed by atoms with Crippen LogP contribution in [0.5, 0.6) is 5.75 Å². The molecular formula is C12H15N3O2. The van der Waals surface area contributed by atoms with Gasteiger partial charge in [0.25, 0.3) is 5.91 Å². The van der Waals surface area contributed by atoms with Gasteiger partial charge in [0.1, 0.15) is 11.4 Å². The van der Waals surface area contributed by atoms with E-state index in [0.717, 1.165) is 23.1 Å². The van der Waals surface area contributed by atoms with Gasteiger partial charge in [-0.25, -0.2) is 5.84 Å². The standard InChI is InChI=1S/C12H15N3O2/c1-2-5-17-9-3-4-10-8(6-9)7-11(14-10)12(16)15-13/h3-4,6-7,14H,2,5,13H2,1H3,(H,15,16). The number of benzene rings is 1. The number of nitrogen functional groups attached to an aromatic ring is 1. The van der Waals surface area contributed by atoms with Crippen molar-refractivity contribution in [3.8, 4) is 5.75 Å². The molecule has 0 unspecified atom stereocenters. The highest BCUT2D eigenvalue weighted by Crippen LogP contribution is 2.21. The van der Waals surface area contributed by atoms with Gasteiger partial charge in [-0.15, -0.1) is 0 Å². The summed E-state index contributed by atoms with van der Waals surface area (Å²) in [6.45, 7) is 2.74. The average Bonchev–Trinajstić information content (AvgIpc) is 2.78. The van der Waals surface area contributed by atoms with Gasteiger partial charge in [0.05, 0.1) is 6.61 Å². The maximum Gasteiger partial charge on any atom is 0.281 e. The summed E-state index contributed by atoms with van der Waals surface area (Å²) < 4.78 is 5.52. The molecule has 0 spiro atoms. The van der Waals surface area contributed by atoms with Gasteiger partial charge >= 0.3 is 0 Å². The van der Waals surface area contributed by atoms with Crippen molar-refractivity contribution in [2.45, 2.75) is 13.3 Å². The van der Waals surface area contributed by atoms with Crippen LogP contribution >= 0.6 is 0 Å². The fourth-order valence-electron chi connectivity index (χ4n) is 1.62. The lowest BCUT2D eigenvalue weighted by Crippen LogP contribution is -2.30. The summed E-state index contributed by atoms with van der Waals surface area (Å²) in [7, 11) is 0. The molecule has 0 fully saturated rings. The van der Waals surface area contributed by atoms with E-state index in [1.54, 1.807) is 6.07 Å². The van der Waals surface area contributed by atoms with E-state index in [4.69, 9.17) is 10.6 Å². The molecule has 2 aromatic rings. The minimum absolute atomic E-state index is 0.336. The monoisotopic (exact) mass is 233 g/mol. The minimum Gasteiger partial charge on any atom is -0.494 e. The number of hydrazine groups is 1. The molecule has 1 amide bonds. The van der Waals surface area contributed by atoms with Crippen LogP contribution in [0.15, 0.2) is 24.3 Å². The van der Waals surface area contributed by atoms with E-state index < -0.39 is 0 Å². The van der Waals surface area contributed by atoms with E-state index in [1.807, 2.05) is 18.2 Å². The Labute approximate surface area is 98.9 Å². The molecule has 17 heavy (non-hydrogen) atoms. The van der Waals surface area contributed by atoms with E-state index in [1.165, 1.54) is 0 Å². The molecule has 2 rings (SSSR count). The number of ether oxygens (including phenoxy) is 1. The van der Waals surface area contributed by atoms with Gasteiger partial charge in [-0.05, 0) is 30.7 Å². The average molecular weight is 233 g/mol. The number of aromatic amines is 1. The highest BCUT2D eigenvalue weighted by Gasteiger charge is 2.08. The number of H-pyrrole nitrogens is 1. The van der Waals surface area contributed by atoms with Gasteiger partial charge in [-0.1, -0.05) is 6.92 Å². The van der Waals surface area contributed by atoms with Crippen molar-refractivity contribution in [2.24, 2.45) is 5.84 Å². The van der Waals surface area contributed by atoms with E-state index in [9.17, 15) is 4.79 Å². The zero-order chi connectivity index (χ0) is 12.3. The SMILES string of the molecule is CCCOc1ccc2[nH]c(C(=O)NN)cc2c1. The first-order valence-electron chi connectivity index (χ1n) is 5.51. The number of fused-ring (bicyclic) bond motifs is 1. The van der Waals surface area contributed by atoms with Crippen molar-refractivity contribution in [1.82, 2.24) is 10.4 Å². The van der Waals surface area contributed by atoms with Gasteiger partial charge in [0.15, 0.2) is 0 Å². The molecule has 0 radical (unpaired) electrons. The largest absolute Gasteiger partial charge is 0.494 e. The lowest BCUT2D eigenvalue weighted by molar-refractivity contribution is 0.0949. The Morgan fingerprint density at radius 3 is 3.00 bits per heavy atom. The van der Waals surface area contributed by atoms with E-state index in [-0.39, 0.29) is 5.91 Å². The normalized spacial score (nSPS) is 10.5. The Morgan fingerprint density at radius 1 is 1.47 bits per heavy atom. The molecule has 0 saturated heterocycles. The minimum atomic E-state index is -0.336. The van der Waals surface area contributed by atoms with Crippen LogP contribution in [0.4, 0.5) is 0 Å². The number of amides is 1. The lowest BCUT2D eigenvalue weighted by atomic mass is 10.2. The predicted molar refractivity (Wildman–Crippen MR) is 65.7 cm³/mol. The molecule has 5 nitrogen and oxygen atoms in total. The van der Waals surface area contributed by atoms with Crippen molar-refractivity contribution >= 4 is 16.8 Å². The lowest BCUT2D eigenvalue weighted by Gasteiger charge is -2.03. The second-order valence-corrected chi connectivity index (χ2v) is 3.75. The molecule has 0 aliphatic carbocycles. The summed E-state index contributed by atoms with van der Waals surface area (Å²) in [5.41, 5.74) is 3.41. The first-order chi connectivity index (χ1) is 8.24. The Hall–Kier alpha value is -2.01. The van der Waals surface area contributed by atoms with Gasteiger partial charge in [-0.2, -0.15) is 0 Å². The second kappa shape index (κ2) is 4.88. The molecule has 5 heteroatoms. The van der Waals surface area contributed by atoms with E-state index in [0.29, 0.717) is 12.3 Å². The maximum atomic E-state index is 11.3. The maximum absolute atomic E-state index is 11.3. The van der Waals surface area contributed by atoms with Crippen LogP contribution in [-0.4, -0.2) is 17.5 Å². The zero-order valence-electron chi connectivity index (χ0n) is 9.62. The van der Waals surface area contributed by atoms with Gasteiger partial charge in [0, 0.05) is 10.9 Å². The fraction of sp³-hybridized carbons (Fsp3) is 0.250. The summed E-state index contributed by atoms with van der Waals surface area (Å²) >= 11 is 0. The number of carbonyl (C=O) groups excluding carboxylic acids is 1. The molecule has 90 valence electrons. The third kappa shape index (κ3) is 2.39. The highest BCUT2D eigenvalue weighted by molar-refractivity contribution is 5.97. The Bertz CT molecular complexity index is 534. The van der Waals surface area contributed by atoms with Crippen LogP contribution in [0.1, 0.15) is 23.8 Å². The summed E-state index contributed by atoms with van der Waals surface area (Å²) in [5.74, 6) is 5.55. The van der Waals surface area contributed by atoms with Crippen LogP contribution in [-0.2, 0) is 0 Å². The number of rotatable bonds is 4. The number of carbonyl (C=O) groups is 1. The molecule has 1 aromatic heterocycles. The number of hydrogen-bond acceptors (Lipinski definition) is 3. The number of hydrogen-bond donors (Lipinski definition) is 3. The van der Waals surface area contributed by atoms with Crippen LogP contribution in [0.2, 0.25) is 0 Å². The molecule has 4 N–H and O–H groups in total. The number of nitrogens with two attached hydrogens (primary N) is 1. The molecule has 0 aliphatic rings. The summed E-state index contributed by atoms with van der Waals surface area (Å²) in [6.07, 6.45) is 0.964. The molecule has 0 atom stereocenters. The van der Waals surface area contributed by atoms with Gasteiger partial charge in [-0.3, -0.25) is 10.2 Å². The third-order valence-corrected chi connectivity index (χ3v) is 2.44. The van der Waals surface area contributed by atoms with Crippen molar-refractivity contribution in [3.05, 3.63) is 30.0 Å². The zero-order valence-corrected chi connectivity index (χ0v) is 9.62. The highest BCUT2D eigenvalue weighted by atomic mass is 16.5. The predicted octanol–water partition coefficient (Wildman–Crippen LogP) is 1.56. The quantitative estimate of drug-likeness (QED) is 0.426. The molecule has 0 saturated carbocycles. The number of aromatic nitrogens is 1. The molecule has 1 aromatic carbocycles. The molecular weight excluding hydrogens is 218 g/mol. The smallest absolute Gasteiger partial charge is 0.281 e. The van der Waals surface area contributed by atoms with Crippen molar-refractivity contribution in [1.29, 1.82) is 0 Å². The van der Waals surface area contributed by atoms with Crippen LogP contribution in [0, 0.1) is 0 Å².